The average molecular weight is 319 g/mol. The normalized spacial score (nSPS) is 14.1. The van der Waals surface area contributed by atoms with Crippen LogP contribution in [0.2, 0.25) is 0 Å². The van der Waals surface area contributed by atoms with Crippen LogP contribution in [0.15, 0.2) is 0 Å². The van der Waals surface area contributed by atoms with Gasteiger partial charge in [-0.25, -0.2) is 13.1 Å². The third-order valence-corrected chi connectivity index (χ3v) is 4.04. The summed E-state index contributed by atoms with van der Waals surface area (Å²) < 4.78 is 58.5. The van der Waals surface area contributed by atoms with E-state index in [2.05, 4.69) is 4.74 Å². The van der Waals surface area contributed by atoms with Crippen LogP contribution < -0.4 is 4.72 Å². The summed E-state index contributed by atoms with van der Waals surface area (Å²) in [5, 5.41) is 9.16. The minimum Gasteiger partial charge on any atom is -0.466 e. The number of aliphatic hydroxyl groups excluding tert-OH is 1. The van der Waals surface area contributed by atoms with Crippen LogP contribution in [0.25, 0.3) is 0 Å². The first-order valence-corrected chi connectivity index (χ1v) is 8.52. The molecule has 0 rings (SSSR count). The van der Waals surface area contributed by atoms with Crippen molar-refractivity contribution in [2.75, 3.05) is 24.7 Å². The molecule has 0 amide bonds. The lowest BCUT2D eigenvalue weighted by molar-refractivity contribution is -0.140. The van der Waals surface area contributed by atoms with Gasteiger partial charge >= 0.3 is 5.97 Å². The topological polar surface area (TPSA) is 147 Å². The van der Waals surface area contributed by atoms with Gasteiger partial charge in [0.1, 0.15) is 5.75 Å². The molecule has 0 aliphatic rings. The SMILES string of the molecule is CC(=O)OCCCS(=O)(=O)NCC(O)CS(=O)(=O)O. The Bertz CT molecular complexity index is 483. The Morgan fingerprint density at radius 3 is 2.37 bits per heavy atom. The minimum atomic E-state index is -4.36. The summed E-state index contributed by atoms with van der Waals surface area (Å²) in [6, 6.07) is 0. The molecule has 9 nitrogen and oxygen atoms in total. The zero-order chi connectivity index (χ0) is 15.1. The molecular weight excluding hydrogens is 302 g/mol. The van der Waals surface area contributed by atoms with E-state index in [1.807, 2.05) is 4.72 Å². The smallest absolute Gasteiger partial charge is 0.302 e. The Balaban J connectivity index is 4.00. The number of carbonyl (C=O) groups is 1. The Hall–Kier alpha value is -0.750. The lowest BCUT2D eigenvalue weighted by Crippen LogP contribution is -2.37. The van der Waals surface area contributed by atoms with Crippen LogP contribution in [0.3, 0.4) is 0 Å². The van der Waals surface area contributed by atoms with E-state index < -0.39 is 44.5 Å². The van der Waals surface area contributed by atoms with Crippen LogP contribution in [0.5, 0.6) is 0 Å². The minimum absolute atomic E-state index is 0.0518. The number of hydrogen-bond acceptors (Lipinski definition) is 7. The number of esters is 1. The largest absolute Gasteiger partial charge is 0.466 e. The van der Waals surface area contributed by atoms with Crippen LogP contribution in [0.1, 0.15) is 13.3 Å². The summed E-state index contributed by atoms with van der Waals surface area (Å²) in [5.41, 5.74) is 0. The maximum atomic E-state index is 11.4. The van der Waals surface area contributed by atoms with Gasteiger partial charge in [-0.1, -0.05) is 0 Å². The molecule has 0 spiro atoms. The van der Waals surface area contributed by atoms with Gasteiger partial charge in [-0.2, -0.15) is 8.42 Å². The number of sulfonamides is 1. The van der Waals surface area contributed by atoms with E-state index in [4.69, 9.17) is 9.66 Å². The molecule has 1 atom stereocenters. The molecule has 0 aliphatic carbocycles. The molecular formula is C8H17NO8S2. The Morgan fingerprint density at radius 1 is 1.32 bits per heavy atom. The van der Waals surface area contributed by atoms with Gasteiger partial charge in [-0.15, -0.1) is 0 Å². The van der Waals surface area contributed by atoms with Crippen molar-refractivity contribution in [1.29, 1.82) is 0 Å². The maximum absolute atomic E-state index is 11.4. The molecule has 19 heavy (non-hydrogen) atoms. The molecule has 3 N–H and O–H groups in total. The van der Waals surface area contributed by atoms with Crippen LogP contribution in [0, 0.1) is 0 Å². The molecule has 0 aromatic heterocycles. The van der Waals surface area contributed by atoms with E-state index in [1.165, 1.54) is 6.92 Å². The summed E-state index contributed by atoms with van der Waals surface area (Å²) >= 11 is 0. The number of ether oxygens (including phenoxy) is 1. The zero-order valence-corrected chi connectivity index (χ0v) is 11.9. The molecule has 0 aromatic rings. The van der Waals surface area contributed by atoms with Gasteiger partial charge in [0.25, 0.3) is 10.1 Å². The van der Waals surface area contributed by atoms with Crippen molar-refractivity contribution in [3.8, 4) is 0 Å². The van der Waals surface area contributed by atoms with Crippen molar-refractivity contribution < 1.29 is 36.0 Å². The van der Waals surface area contributed by atoms with E-state index in [1.54, 1.807) is 0 Å². The monoisotopic (exact) mass is 319 g/mol. The predicted molar refractivity (Wildman–Crippen MR) is 65.5 cm³/mol. The summed E-state index contributed by atoms with van der Waals surface area (Å²) in [6.07, 6.45) is -1.47. The van der Waals surface area contributed by atoms with E-state index in [9.17, 15) is 21.6 Å². The highest BCUT2D eigenvalue weighted by Crippen LogP contribution is 1.94. The fourth-order valence-electron chi connectivity index (χ4n) is 1.06. The van der Waals surface area contributed by atoms with Gasteiger partial charge in [-0.3, -0.25) is 9.35 Å². The molecule has 114 valence electrons. The van der Waals surface area contributed by atoms with Crippen molar-refractivity contribution in [1.82, 2.24) is 4.72 Å². The first-order valence-electron chi connectivity index (χ1n) is 5.26. The number of hydrogen-bond donors (Lipinski definition) is 3. The van der Waals surface area contributed by atoms with Gasteiger partial charge in [-0.05, 0) is 6.42 Å². The maximum Gasteiger partial charge on any atom is 0.302 e. The van der Waals surface area contributed by atoms with Crippen molar-refractivity contribution in [3.63, 3.8) is 0 Å². The van der Waals surface area contributed by atoms with Crippen molar-refractivity contribution in [2.45, 2.75) is 19.4 Å². The van der Waals surface area contributed by atoms with E-state index in [-0.39, 0.29) is 18.8 Å². The number of rotatable bonds is 9. The quantitative estimate of drug-likeness (QED) is 0.254. The molecule has 0 saturated heterocycles. The Kier molecular flexibility index (Phi) is 7.44. The lowest BCUT2D eigenvalue weighted by Gasteiger charge is -2.10. The van der Waals surface area contributed by atoms with Crippen molar-refractivity contribution in [2.24, 2.45) is 0 Å². The molecule has 0 saturated carbocycles. The highest BCUT2D eigenvalue weighted by atomic mass is 32.2. The number of aliphatic hydroxyl groups is 1. The second-order valence-corrected chi connectivity index (χ2v) is 7.19. The number of carbonyl (C=O) groups excluding carboxylic acids is 1. The van der Waals surface area contributed by atoms with Gasteiger partial charge in [0.05, 0.1) is 18.5 Å². The molecule has 0 heterocycles. The Morgan fingerprint density at radius 2 is 1.89 bits per heavy atom. The standard InChI is InChI=1S/C8H17NO8S2/c1-7(10)17-3-2-4-18(12,13)9-5-8(11)6-19(14,15)16/h8-9,11H,2-6H2,1H3,(H,14,15,16). The van der Waals surface area contributed by atoms with E-state index in [0.717, 1.165) is 0 Å². The van der Waals surface area contributed by atoms with Gasteiger partial charge in [0.2, 0.25) is 10.0 Å². The summed E-state index contributed by atoms with van der Waals surface area (Å²) in [6.45, 7) is 0.609. The Labute approximate surface area is 111 Å². The molecule has 0 radical (unpaired) electrons. The van der Waals surface area contributed by atoms with E-state index in [0.29, 0.717) is 0 Å². The van der Waals surface area contributed by atoms with Gasteiger partial charge < -0.3 is 9.84 Å². The van der Waals surface area contributed by atoms with Crippen molar-refractivity contribution >= 4 is 26.1 Å². The van der Waals surface area contributed by atoms with Crippen LogP contribution >= 0.6 is 0 Å². The highest BCUT2D eigenvalue weighted by molar-refractivity contribution is 7.89. The predicted octanol–water partition coefficient (Wildman–Crippen LogP) is -1.89. The van der Waals surface area contributed by atoms with Gasteiger partial charge in [0, 0.05) is 13.5 Å². The summed E-state index contributed by atoms with van der Waals surface area (Å²) in [5.74, 6) is -1.81. The molecule has 0 aromatic carbocycles. The third kappa shape index (κ3) is 12.0. The highest BCUT2D eigenvalue weighted by Gasteiger charge is 2.17. The molecule has 0 fully saturated rings. The molecule has 1 unspecified atom stereocenters. The molecule has 11 heteroatoms. The fourth-order valence-corrected chi connectivity index (χ4v) is 2.75. The first-order chi connectivity index (χ1) is 8.52. The van der Waals surface area contributed by atoms with Crippen molar-refractivity contribution in [3.05, 3.63) is 0 Å². The van der Waals surface area contributed by atoms with Crippen LogP contribution in [-0.2, 0) is 29.7 Å². The molecule has 0 aliphatic heterocycles. The number of nitrogens with one attached hydrogen (secondary N) is 1. The third-order valence-electron chi connectivity index (χ3n) is 1.80. The average Bonchev–Trinajstić information content (AvgIpc) is 2.19. The van der Waals surface area contributed by atoms with E-state index >= 15 is 0 Å². The summed E-state index contributed by atoms with van der Waals surface area (Å²) in [7, 11) is -8.07. The summed E-state index contributed by atoms with van der Waals surface area (Å²) in [4.78, 5) is 10.4. The second kappa shape index (κ2) is 7.75. The van der Waals surface area contributed by atoms with Gasteiger partial charge in [0.15, 0.2) is 0 Å². The molecule has 0 bridgehead atoms. The fraction of sp³-hybridized carbons (Fsp3) is 0.875. The van der Waals surface area contributed by atoms with Crippen LogP contribution in [-0.4, -0.2) is 63.2 Å². The lowest BCUT2D eigenvalue weighted by atomic mass is 10.4. The van der Waals surface area contributed by atoms with Crippen LogP contribution in [0.4, 0.5) is 0 Å². The first kappa shape index (κ1) is 18.2. The zero-order valence-electron chi connectivity index (χ0n) is 10.3. The second-order valence-electron chi connectivity index (χ2n) is 3.76.